The van der Waals surface area contributed by atoms with Crippen molar-refractivity contribution in [3.8, 4) is 0 Å². The molecule has 1 heterocycles. The summed E-state index contributed by atoms with van der Waals surface area (Å²) in [5, 5.41) is 24.0. The van der Waals surface area contributed by atoms with Gasteiger partial charge in [-0.05, 0) is 64.9 Å². The zero-order valence-corrected chi connectivity index (χ0v) is 17.0. The van der Waals surface area contributed by atoms with E-state index in [0.717, 1.165) is 43.5 Å². The zero-order chi connectivity index (χ0) is 20.4. The van der Waals surface area contributed by atoms with Crippen molar-refractivity contribution in [1.29, 1.82) is 0 Å². The summed E-state index contributed by atoms with van der Waals surface area (Å²) in [5.74, 6) is 0.295. The van der Waals surface area contributed by atoms with Gasteiger partial charge in [0.2, 0.25) is 0 Å². The van der Waals surface area contributed by atoms with Gasteiger partial charge in [-0.1, -0.05) is 6.92 Å². The Morgan fingerprint density at radius 2 is 2.04 bits per heavy atom. The van der Waals surface area contributed by atoms with Crippen LogP contribution < -0.4 is 11.1 Å². The van der Waals surface area contributed by atoms with Gasteiger partial charge in [0, 0.05) is 30.5 Å². The number of ether oxygens (including phenoxy) is 1. The number of alkyl carbamates (subject to hydrolysis) is 1. The molecule has 0 spiro atoms. The van der Waals surface area contributed by atoms with Crippen LogP contribution in [0.4, 0.5) is 4.79 Å². The Balaban J connectivity index is 2.22. The van der Waals surface area contributed by atoms with E-state index >= 15 is 0 Å². The van der Waals surface area contributed by atoms with Crippen molar-refractivity contribution in [3.63, 3.8) is 0 Å². The summed E-state index contributed by atoms with van der Waals surface area (Å²) in [6.07, 6.45) is 2.87. The Hall–Kier alpha value is -1.93. The highest BCUT2D eigenvalue weighted by atomic mass is 16.8. The highest BCUT2D eigenvalue weighted by Gasteiger charge is 2.32. The van der Waals surface area contributed by atoms with Crippen LogP contribution in [0, 0.1) is 11.1 Å². The summed E-state index contributed by atoms with van der Waals surface area (Å²) in [6, 6.07) is -0.117. The van der Waals surface area contributed by atoms with Gasteiger partial charge in [-0.3, -0.25) is 5.21 Å². The molecule has 0 bridgehead atoms. The summed E-state index contributed by atoms with van der Waals surface area (Å²) in [4.78, 5) is 14.2. The third-order valence-electron chi connectivity index (χ3n) is 4.87. The van der Waals surface area contributed by atoms with E-state index in [2.05, 4.69) is 17.1 Å². The van der Waals surface area contributed by atoms with Gasteiger partial charge in [-0.2, -0.15) is 0 Å². The number of likely N-dealkylation sites (tertiary alicyclic amines) is 1. The Labute approximate surface area is 161 Å². The smallest absolute Gasteiger partial charge is 0.407 e. The van der Waals surface area contributed by atoms with Crippen LogP contribution in [0.25, 0.3) is 0 Å². The standard InChI is InChI=1S/C19H33N4O4/c1-12-9-14(21-18(24)27-19(3,4)5)11-22(10-12)17(13(2)23(25)26)15-7-6-8-16(15)20/h12,14,25H,6-11,20H2,1-5H3,(H,21,24)/q-1. The van der Waals surface area contributed by atoms with Crippen LogP contribution in [0.5, 0.6) is 0 Å². The quantitative estimate of drug-likeness (QED) is 0.641. The van der Waals surface area contributed by atoms with Crippen LogP contribution in [0.1, 0.15) is 60.3 Å². The number of hydroxylamine groups is 2. The number of piperidine rings is 1. The van der Waals surface area contributed by atoms with E-state index < -0.39 is 11.7 Å². The first kappa shape index (κ1) is 21.4. The highest BCUT2D eigenvalue weighted by Crippen LogP contribution is 2.35. The second kappa shape index (κ2) is 8.39. The van der Waals surface area contributed by atoms with E-state index in [1.807, 2.05) is 20.8 Å². The second-order valence-electron chi connectivity index (χ2n) is 8.65. The fourth-order valence-electron chi connectivity index (χ4n) is 3.88. The number of nitrogens with zero attached hydrogens (tertiary/aromatic N) is 2. The van der Waals surface area contributed by atoms with Crippen LogP contribution in [0.2, 0.25) is 0 Å². The lowest BCUT2D eigenvalue weighted by Crippen LogP contribution is -2.51. The molecule has 2 aliphatic rings. The van der Waals surface area contributed by atoms with Gasteiger partial charge in [0.05, 0.1) is 5.70 Å². The lowest BCUT2D eigenvalue weighted by Gasteiger charge is -2.42. The molecule has 2 atom stereocenters. The summed E-state index contributed by atoms with van der Waals surface area (Å²) < 4.78 is 5.37. The molecule has 27 heavy (non-hydrogen) atoms. The fourth-order valence-corrected chi connectivity index (χ4v) is 3.88. The van der Waals surface area contributed by atoms with Crippen molar-refractivity contribution in [2.45, 2.75) is 71.9 Å². The lowest BCUT2D eigenvalue weighted by molar-refractivity contribution is -0.00744. The molecule has 1 aliphatic heterocycles. The molecule has 1 amide bonds. The molecule has 2 unspecified atom stereocenters. The Kier molecular flexibility index (Phi) is 6.64. The topological polar surface area (TPSA) is 114 Å². The van der Waals surface area contributed by atoms with E-state index in [4.69, 9.17) is 10.5 Å². The summed E-state index contributed by atoms with van der Waals surface area (Å²) in [7, 11) is 0. The maximum atomic E-state index is 12.2. The molecule has 8 nitrogen and oxygen atoms in total. The number of nitrogens with two attached hydrogens (primary N) is 1. The van der Waals surface area contributed by atoms with Gasteiger partial charge >= 0.3 is 6.09 Å². The number of nitrogens with one attached hydrogen (secondary N) is 1. The number of hydrogen-bond acceptors (Lipinski definition) is 7. The summed E-state index contributed by atoms with van der Waals surface area (Å²) in [6.45, 7) is 10.4. The highest BCUT2D eigenvalue weighted by molar-refractivity contribution is 5.68. The molecule has 0 aromatic heterocycles. The number of hydrogen-bond donors (Lipinski definition) is 3. The third kappa shape index (κ3) is 5.77. The average molecular weight is 381 g/mol. The van der Waals surface area contributed by atoms with Crippen molar-refractivity contribution >= 4 is 6.09 Å². The first-order valence-corrected chi connectivity index (χ1v) is 9.57. The minimum Gasteiger partial charge on any atom is -0.734 e. The largest absolute Gasteiger partial charge is 0.734 e. The molecule has 0 radical (unpaired) electrons. The van der Waals surface area contributed by atoms with Crippen LogP contribution in [-0.2, 0) is 4.74 Å². The molecule has 1 aliphatic carbocycles. The van der Waals surface area contributed by atoms with E-state index in [1.54, 1.807) is 6.92 Å². The minimum absolute atomic E-state index is 0.0937. The molecule has 0 aromatic rings. The molecule has 154 valence electrons. The monoisotopic (exact) mass is 381 g/mol. The Morgan fingerprint density at radius 1 is 1.37 bits per heavy atom. The van der Waals surface area contributed by atoms with Crippen LogP contribution in [-0.4, -0.2) is 46.2 Å². The van der Waals surface area contributed by atoms with Crippen molar-refractivity contribution < 1.29 is 14.7 Å². The predicted octanol–water partition coefficient (Wildman–Crippen LogP) is 3.04. The molecule has 0 aromatic carbocycles. The number of amides is 1. The average Bonchev–Trinajstić information content (AvgIpc) is 2.90. The molecule has 8 heteroatoms. The number of carbonyl (C=O) groups excluding carboxylic acids is 1. The normalized spacial score (nSPS) is 24.6. The van der Waals surface area contributed by atoms with Crippen LogP contribution in [0.15, 0.2) is 22.7 Å². The molecule has 1 fully saturated rings. The molecule has 1 saturated heterocycles. The number of carbonyl (C=O) groups is 1. The van der Waals surface area contributed by atoms with Crippen molar-refractivity contribution in [2.75, 3.05) is 13.1 Å². The van der Waals surface area contributed by atoms with E-state index in [1.165, 1.54) is 0 Å². The third-order valence-corrected chi connectivity index (χ3v) is 4.87. The Bertz CT molecular complexity index is 622. The first-order chi connectivity index (χ1) is 12.5. The van der Waals surface area contributed by atoms with Gasteiger partial charge in [0.15, 0.2) is 0 Å². The molecule has 4 N–H and O–H groups in total. The van der Waals surface area contributed by atoms with Crippen molar-refractivity contribution in [2.24, 2.45) is 11.7 Å². The van der Waals surface area contributed by atoms with E-state index in [-0.39, 0.29) is 17.0 Å². The maximum absolute atomic E-state index is 12.2. The maximum Gasteiger partial charge on any atom is 0.407 e. The zero-order valence-electron chi connectivity index (χ0n) is 17.0. The van der Waals surface area contributed by atoms with Crippen LogP contribution >= 0.6 is 0 Å². The van der Waals surface area contributed by atoms with E-state index in [9.17, 15) is 15.2 Å². The molecular formula is C19H33N4O4-. The molecule has 0 saturated carbocycles. The van der Waals surface area contributed by atoms with Crippen LogP contribution in [0.3, 0.4) is 0 Å². The van der Waals surface area contributed by atoms with Crippen molar-refractivity contribution in [3.05, 3.63) is 27.9 Å². The van der Waals surface area contributed by atoms with Crippen molar-refractivity contribution in [1.82, 2.24) is 15.4 Å². The fraction of sp³-hybridized carbons (Fsp3) is 0.737. The van der Waals surface area contributed by atoms with Gasteiger partial charge < -0.3 is 31.1 Å². The molecular weight excluding hydrogens is 348 g/mol. The van der Waals surface area contributed by atoms with Gasteiger partial charge in [-0.25, -0.2) is 4.79 Å². The predicted molar refractivity (Wildman–Crippen MR) is 103 cm³/mol. The van der Waals surface area contributed by atoms with E-state index in [0.29, 0.717) is 18.2 Å². The lowest BCUT2D eigenvalue weighted by atomic mass is 9.94. The molecule has 2 rings (SSSR count). The Morgan fingerprint density at radius 3 is 2.56 bits per heavy atom. The second-order valence-corrected chi connectivity index (χ2v) is 8.65. The summed E-state index contributed by atoms with van der Waals surface area (Å²) in [5.41, 5.74) is 8.21. The van der Waals surface area contributed by atoms with Gasteiger partial charge in [0.25, 0.3) is 0 Å². The van der Waals surface area contributed by atoms with Gasteiger partial charge in [0.1, 0.15) is 5.60 Å². The first-order valence-electron chi connectivity index (χ1n) is 9.57. The SMILES string of the molecule is CC(=C(C1=C(N)CCC1)N1CC(C)CC(NC(=O)OC(C)(C)C)C1)N([O-])O. The van der Waals surface area contributed by atoms with Gasteiger partial charge in [-0.15, -0.1) is 0 Å². The summed E-state index contributed by atoms with van der Waals surface area (Å²) >= 11 is 0. The number of allylic oxidation sites excluding steroid dienone is 3. The minimum atomic E-state index is -0.561. The number of rotatable bonds is 4.